The van der Waals surface area contributed by atoms with Crippen LogP contribution in [0.25, 0.3) is 0 Å². The van der Waals surface area contributed by atoms with Gasteiger partial charge < -0.3 is 14.6 Å². The van der Waals surface area contributed by atoms with E-state index in [9.17, 15) is 9.50 Å². The van der Waals surface area contributed by atoms with Crippen LogP contribution in [-0.2, 0) is 0 Å². The minimum absolute atomic E-state index is 0.0426. The first kappa shape index (κ1) is 13.8. The summed E-state index contributed by atoms with van der Waals surface area (Å²) in [4.78, 5) is 0. The Labute approximate surface area is 101 Å². The molecule has 0 aromatic heterocycles. The van der Waals surface area contributed by atoms with Crippen molar-refractivity contribution >= 4 is 0 Å². The van der Waals surface area contributed by atoms with E-state index in [0.29, 0.717) is 17.1 Å². The molecule has 0 heterocycles. The molecule has 0 fully saturated rings. The van der Waals surface area contributed by atoms with Crippen molar-refractivity contribution in [3.63, 3.8) is 0 Å². The van der Waals surface area contributed by atoms with Gasteiger partial charge in [0.2, 0.25) is 0 Å². The van der Waals surface area contributed by atoms with E-state index in [1.807, 2.05) is 13.8 Å². The lowest BCUT2D eigenvalue weighted by molar-refractivity contribution is 0.219. The number of methoxy groups -OCH3 is 1. The molecule has 1 aromatic carbocycles. The molecule has 0 spiro atoms. The van der Waals surface area contributed by atoms with Crippen molar-refractivity contribution in [1.29, 1.82) is 0 Å². The SMILES string of the molecule is COc1cc(F)cc(C(C)CO)c1OC(C)C. The molecule has 0 saturated heterocycles. The van der Waals surface area contributed by atoms with Gasteiger partial charge in [0, 0.05) is 24.2 Å². The third kappa shape index (κ3) is 3.33. The fraction of sp³-hybridized carbons (Fsp3) is 0.538. The molecule has 3 nitrogen and oxygen atoms in total. The first-order valence-electron chi connectivity index (χ1n) is 5.64. The van der Waals surface area contributed by atoms with E-state index in [4.69, 9.17) is 9.47 Å². The number of aliphatic hydroxyl groups is 1. The van der Waals surface area contributed by atoms with Gasteiger partial charge in [-0.25, -0.2) is 4.39 Å². The van der Waals surface area contributed by atoms with Crippen LogP contribution in [0.15, 0.2) is 12.1 Å². The van der Waals surface area contributed by atoms with Crippen LogP contribution in [0.4, 0.5) is 4.39 Å². The zero-order valence-corrected chi connectivity index (χ0v) is 10.7. The zero-order valence-electron chi connectivity index (χ0n) is 10.7. The quantitative estimate of drug-likeness (QED) is 0.862. The Bertz CT molecular complexity index is 377. The highest BCUT2D eigenvalue weighted by molar-refractivity contribution is 5.48. The van der Waals surface area contributed by atoms with Crippen LogP contribution in [0.5, 0.6) is 11.5 Å². The number of aliphatic hydroxyl groups excluding tert-OH is 1. The lowest BCUT2D eigenvalue weighted by Gasteiger charge is -2.20. The van der Waals surface area contributed by atoms with E-state index in [-0.39, 0.29) is 18.6 Å². The number of benzene rings is 1. The van der Waals surface area contributed by atoms with Crippen LogP contribution in [0.1, 0.15) is 32.3 Å². The summed E-state index contributed by atoms with van der Waals surface area (Å²) in [5, 5.41) is 9.18. The van der Waals surface area contributed by atoms with Crippen molar-refractivity contribution in [2.75, 3.05) is 13.7 Å². The molecule has 4 heteroatoms. The number of hydrogen-bond acceptors (Lipinski definition) is 3. The van der Waals surface area contributed by atoms with Gasteiger partial charge in [-0.3, -0.25) is 0 Å². The normalized spacial score (nSPS) is 12.6. The van der Waals surface area contributed by atoms with Crippen molar-refractivity contribution in [2.45, 2.75) is 32.8 Å². The molecule has 0 aliphatic carbocycles. The van der Waals surface area contributed by atoms with Gasteiger partial charge in [0.1, 0.15) is 5.82 Å². The van der Waals surface area contributed by atoms with Crippen LogP contribution in [-0.4, -0.2) is 24.9 Å². The van der Waals surface area contributed by atoms with Crippen LogP contribution in [0.3, 0.4) is 0 Å². The van der Waals surface area contributed by atoms with Crippen molar-refractivity contribution in [1.82, 2.24) is 0 Å². The Hall–Kier alpha value is -1.29. The third-order valence-electron chi connectivity index (χ3n) is 2.43. The van der Waals surface area contributed by atoms with Crippen LogP contribution in [0, 0.1) is 5.82 Å². The second-order valence-corrected chi connectivity index (χ2v) is 4.28. The average molecular weight is 242 g/mol. The largest absolute Gasteiger partial charge is 0.493 e. The summed E-state index contributed by atoms with van der Waals surface area (Å²) < 4.78 is 24.2. The third-order valence-corrected chi connectivity index (χ3v) is 2.43. The fourth-order valence-corrected chi connectivity index (χ4v) is 1.57. The summed E-state index contributed by atoms with van der Waals surface area (Å²) in [6, 6.07) is 2.66. The molecular weight excluding hydrogens is 223 g/mol. The van der Waals surface area contributed by atoms with E-state index in [1.165, 1.54) is 19.2 Å². The van der Waals surface area contributed by atoms with Crippen molar-refractivity contribution in [2.24, 2.45) is 0 Å². The molecule has 1 rings (SSSR count). The molecular formula is C13H19FO3. The summed E-state index contributed by atoms with van der Waals surface area (Å²) >= 11 is 0. The lowest BCUT2D eigenvalue weighted by atomic mass is 10.00. The fourth-order valence-electron chi connectivity index (χ4n) is 1.57. The maximum atomic E-state index is 13.4. The van der Waals surface area contributed by atoms with Gasteiger partial charge in [-0.15, -0.1) is 0 Å². The molecule has 0 radical (unpaired) electrons. The predicted molar refractivity (Wildman–Crippen MR) is 64.2 cm³/mol. The molecule has 0 amide bonds. The van der Waals surface area contributed by atoms with Gasteiger partial charge in [-0.05, 0) is 19.9 Å². The molecule has 1 unspecified atom stereocenters. The van der Waals surface area contributed by atoms with E-state index >= 15 is 0 Å². The second kappa shape index (κ2) is 5.87. The predicted octanol–water partition coefficient (Wildman–Crippen LogP) is 2.72. The van der Waals surface area contributed by atoms with Gasteiger partial charge in [0.25, 0.3) is 0 Å². The van der Waals surface area contributed by atoms with Gasteiger partial charge in [0.15, 0.2) is 11.5 Å². The van der Waals surface area contributed by atoms with E-state index in [0.717, 1.165) is 0 Å². The maximum absolute atomic E-state index is 13.4. The number of halogens is 1. The lowest BCUT2D eigenvalue weighted by Crippen LogP contribution is -2.11. The smallest absolute Gasteiger partial charge is 0.165 e. The zero-order chi connectivity index (χ0) is 13.0. The molecule has 1 N–H and O–H groups in total. The van der Waals surface area contributed by atoms with Crippen LogP contribution < -0.4 is 9.47 Å². The van der Waals surface area contributed by atoms with Crippen molar-refractivity contribution in [3.05, 3.63) is 23.5 Å². The number of rotatable bonds is 5. The van der Waals surface area contributed by atoms with Gasteiger partial charge in [-0.1, -0.05) is 6.92 Å². The van der Waals surface area contributed by atoms with Crippen LogP contribution >= 0.6 is 0 Å². The minimum Gasteiger partial charge on any atom is -0.493 e. The first-order chi connectivity index (χ1) is 7.99. The molecule has 0 aliphatic rings. The summed E-state index contributed by atoms with van der Waals surface area (Å²) in [5.41, 5.74) is 0.623. The molecule has 0 saturated carbocycles. The molecule has 17 heavy (non-hydrogen) atoms. The minimum atomic E-state index is -0.395. The Kier molecular flexibility index (Phi) is 4.75. The highest BCUT2D eigenvalue weighted by Crippen LogP contribution is 2.37. The number of ether oxygens (including phenoxy) is 2. The van der Waals surface area contributed by atoms with E-state index in [1.54, 1.807) is 6.92 Å². The molecule has 0 bridgehead atoms. The van der Waals surface area contributed by atoms with Crippen molar-refractivity contribution < 1.29 is 19.0 Å². The van der Waals surface area contributed by atoms with Crippen LogP contribution in [0.2, 0.25) is 0 Å². The standard InChI is InChI=1S/C13H19FO3/c1-8(2)17-13-11(9(3)7-15)5-10(14)6-12(13)16-4/h5-6,8-9,15H,7H2,1-4H3. The highest BCUT2D eigenvalue weighted by atomic mass is 19.1. The van der Waals surface area contributed by atoms with Crippen molar-refractivity contribution in [3.8, 4) is 11.5 Å². The Morgan fingerprint density at radius 1 is 1.29 bits per heavy atom. The summed E-state index contributed by atoms with van der Waals surface area (Å²) in [5.74, 6) is 0.265. The second-order valence-electron chi connectivity index (χ2n) is 4.28. The Morgan fingerprint density at radius 2 is 1.94 bits per heavy atom. The summed E-state index contributed by atoms with van der Waals surface area (Å²) in [7, 11) is 1.47. The maximum Gasteiger partial charge on any atom is 0.165 e. The van der Waals surface area contributed by atoms with Gasteiger partial charge in [-0.2, -0.15) is 0 Å². The molecule has 1 atom stereocenters. The van der Waals surface area contributed by atoms with Gasteiger partial charge in [0.05, 0.1) is 13.2 Å². The molecule has 1 aromatic rings. The Morgan fingerprint density at radius 3 is 2.41 bits per heavy atom. The first-order valence-corrected chi connectivity index (χ1v) is 5.64. The van der Waals surface area contributed by atoms with Gasteiger partial charge >= 0.3 is 0 Å². The highest BCUT2D eigenvalue weighted by Gasteiger charge is 2.18. The monoisotopic (exact) mass is 242 g/mol. The van der Waals surface area contributed by atoms with E-state index in [2.05, 4.69) is 0 Å². The average Bonchev–Trinajstić information content (AvgIpc) is 2.29. The summed E-state index contributed by atoms with van der Waals surface area (Å²) in [6.45, 7) is 5.51. The Balaban J connectivity index is 3.27. The molecule has 96 valence electrons. The summed E-state index contributed by atoms with van der Waals surface area (Å²) in [6.07, 6.45) is -0.0426. The van der Waals surface area contributed by atoms with E-state index < -0.39 is 5.82 Å². The number of hydrogen-bond donors (Lipinski definition) is 1. The molecule has 0 aliphatic heterocycles. The topological polar surface area (TPSA) is 38.7 Å².